The van der Waals surface area contributed by atoms with Gasteiger partial charge >= 0.3 is 0 Å². The molecule has 26 heavy (non-hydrogen) atoms. The Morgan fingerprint density at radius 3 is 2.73 bits per heavy atom. The number of nitrogen functional groups attached to an aromatic ring is 1. The van der Waals surface area contributed by atoms with Crippen molar-refractivity contribution >= 4 is 22.6 Å². The van der Waals surface area contributed by atoms with Crippen LogP contribution >= 0.6 is 0 Å². The number of hydrazine groups is 1. The van der Waals surface area contributed by atoms with Gasteiger partial charge in [-0.15, -0.1) is 0 Å². The molecule has 1 saturated heterocycles. The van der Waals surface area contributed by atoms with Crippen LogP contribution in [0.2, 0.25) is 0 Å². The maximum absolute atomic E-state index is 12.7. The molecule has 2 aromatic rings. The molecule has 2 aromatic heterocycles. The fraction of sp³-hybridized carbons (Fsp3) is 0.611. The number of carbonyl (C=O) groups is 1. The number of ether oxygens (including phenoxy) is 1. The van der Waals surface area contributed by atoms with E-state index in [4.69, 9.17) is 15.6 Å². The van der Waals surface area contributed by atoms with Gasteiger partial charge < -0.3 is 10.1 Å². The maximum atomic E-state index is 12.7. The van der Waals surface area contributed by atoms with Gasteiger partial charge in [0.05, 0.1) is 28.5 Å². The summed E-state index contributed by atoms with van der Waals surface area (Å²) in [4.78, 5) is 17.6. The molecule has 1 aliphatic heterocycles. The Morgan fingerprint density at radius 1 is 1.35 bits per heavy atom. The van der Waals surface area contributed by atoms with E-state index in [0.29, 0.717) is 11.5 Å². The molecular weight excluding hydrogens is 332 g/mol. The summed E-state index contributed by atoms with van der Waals surface area (Å²) in [5.41, 5.74) is 5.38. The Labute approximate surface area is 152 Å². The first kappa shape index (κ1) is 17.2. The number of amides is 1. The number of nitrogens with one attached hydrogen (secondary N) is 2. The summed E-state index contributed by atoms with van der Waals surface area (Å²) in [6, 6.07) is 0.262. The van der Waals surface area contributed by atoms with Crippen LogP contribution in [0.25, 0.3) is 11.0 Å². The van der Waals surface area contributed by atoms with Gasteiger partial charge in [0.1, 0.15) is 0 Å². The molecule has 1 amide bonds. The fourth-order valence-corrected chi connectivity index (χ4v) is 3.81. The summed E-state index contributed by atoms with van der Waals surface area (Å²) in [6.07, 6.45) is 6.90. The van der Waals surface area contributed by atoms with E-state index in [1.54, 1.807) is 6.20 Å². The average molecular weight is 358 g/mol. The van der Waals surface area contributed by atoms with Crippen molar-refractivity contribution in [1.82, 2.24) is 20.2 Å². The molecule has 0 radical (unpaired) electrons. The molecule has 1 aliphatic carbocycles. The quantitative estimate of drug-likeness (QED) is 0.428. The summed E-state index contributed by atoms with van der Waals surface area (Å²) in [7, 11) is 0. The van der Waals surface area contributed by atoms with Crippen LogP contribution in [0.4, 0.5) is 5.69 Å². The zero-order valence-corrected chi connectivity index (χ0v) is 15.1. The normalized spacial score (nSPS) is 18.7. The van der Waals surface area contributed by atoms with Gasteiger partial charge in [-0.1, -0.05) is 6.42 Å². The van der Waals surface area contributed by atoms with Crippen LogP contribution in [0, 0.1) is 0 Å². The summed E-state index contributed by atoms with van der Waals surface area (Å²) >= 11 is 0. The Bertz CT molecular complexity index is 808. The van der Waals surface area contributed by atoms with E-state index in [2.05, 4.69) is 15.8 Å². The third-order valence-corrected chi connectivity index (χ3v) is 5.53. The zero-order valence-electron chi connectivity index (χ0n) is 15.1. The lowest BCUT2D eigenvalue weighted by molar-refractivity contribution is 0.0903. The number of aryl methyl sites for hydroxylation is 1. The van der Waals surface area contributed by atoms with Crippen molar-refractivity contribution in [3.8, 4) is 0 Å². The summed E-state index contributed by atoms with van der Waals surface area (Å²) < 4.78 is 7.35. The van der Waals surface area contributed by atoms with Crippen LogP contribution in [-0.4, -0.2) is 39.9 Å². The number of hydrogen-bond donors (Lipinski definition) is 3. The molecule has 3 heterocycles. The largest absolute Gasteiger partial charge is 0.381 e. The molecule has 8 nitrogen and oxygen atoms in total. The molecule has 2 fully saturated rings. The van der Waals surface area contributed by atoms with Gasteiger partial charge in [-0.25, -0.2) is 15.5 Å². The highest BCUT2D eigenvalue weighted by atomic mass is 16.5. The van der Waals surface area contributed by atoms with Crippen LogP contribution in [-0.2, 0) is 11.3 Å². The molecule has 0 aromatic carbocycles. The summed E-state index contributed by atoms with van der Waals surface area (Å²) in [5.74, 6) is 5.53. The van der Waals surface area contributed by atoms with Crippen molar-refractivity contribution in [1.29, 1.82) is 0 Å². The second kappa shape index (κ2) is 7.20. The van der Waals surface area contributed by atoms with Crippen LogP contribution in [0.5, 0.6) is 0 Å². The molecule has 140 valence electrons. The first-order valence-electron chi connectivity index (χ1n) is 9.47. The van der Waals surface area contributed by atoms with E-state index in [1.807, 2.05) is 11.6 Å². The average Bonchev–Trinajstić information content (AvgIpc) is 3.03. The lowest BCUT2D eigenvalue weighted by Gasteiger charge is -2.30. The molecule has 0 spiro atoms. The van der Waals surface area contributed by atoms with E-state index < -0.39 is 0 Å². The van der Waals surface area contributed by atoms with Gasteiger partial charge in [0.15, 0.2) is 5.65 Å². The lowest BCUT2D eigenvalue weighted by Crippen LogP contribution is -2.34. The van der Waals surface area contributed by atoms with E-state index in [1.165, 1.54) is 6.42 Å². The standard InChI is InChI=1S/C18H26N6O2/c1-2-24-17-13(10-20-24)16(21-12-6-8-26-9-7-12)14(18(25)23-19)15(22-17)11-4-3-5-11/h10-12H,2-9,19H2,1H3,(H,21,22)(H,23,25). The smallest absolute Gasteiger partial charge is 0.269 e. The third kappa shape index (κ3) is 2.93. The minimum absolute atomic E-state index is 0.262. The lowest BCUT2D eigenvalue weighted by atomic mass is 9.80. The molecule has 4 N–H and O–H groups in total. The van der Waals surface area contributed by atoms with Gasteiger partial charge in [0.25, 0.3) is 5.91 Å². The molecule has 0 atom stereocenters. The molecular formula is C18H26N6O2. The highest BCUT2D eigenvalue weighted by Crippen LogP contribution is 2.41. The molecule has 8 heteroatoms. The zero-order chi connectivity index (χ0) is 18.1. The Hall–Kier alpha value is -2.19. The number of pyridine rings is 1. The first-order valence-corrected chi connectivity index (χ1v) is 9.47. The molecule has 4 rings (SSSR count). The van der Waals surface area contributed by atoms with Gasteiger partial charge in [0, 0.05) is 31.7 Å². The number of anilines is 1. The predicted octanol–water partition coefficient (Wildman–Crippen LogP) is 1.91. The minimum Gasteiger partial charge on any atom is -0.381 e. The van der Waals surface area contributed by atoms with Gasteiger partial charge in [-0.3, -0.25) is 10.2 Å². The number of fused-ring (bicyclic) bond motifs is 1. The number of hydrogen-bond acceptors (Lipinski definition) is 6. The van der Waals surface area contributed by atoms with Crippen LogP contribution in [0.3, 0.4) is 0 Å². The van der Waals surface area contributed by atoms with Crippen molar-refractivity contribution in [2.75, 3.05) is 18.5 Å². The maximum Gasteiger partial charge on any atom is 0.269 e. The van der Waals surface area contributed by atoms with E-state index in [-0.39, 0.29) is 11.9 Å². The Balaban J connectivity index is 1.88. The minimum atomic E-state index is -0.292. The number of rotatable bonds is 5. The topological polar surface area (TPSA) is 107 Å². The highest BCUT2D eigenvalue weighted by Gasteiger charge is 2.31. The van der Waals surface area contributed by atoms with E-state index >= 15 is 0 Å². The number of nitrogens with two attached hydrogens (primary N) is 1. The van der Waals surface area contributed by atoms with E-state index in [0.717, 1.165) is 67.9 Å². The van der Waals surface area contributed by atoms with Crippen molar-refractivity contribution < 1.29 is 9.53 Å². The van der Waals surface area contributed by atoms with Crippen LogP contribution in [0.15, 0.2) is 6.20 Å². The molecule has 0 bridgehead atoms. The van der Waals surface area contributed by atoms with Gasteiger partial charge in [-0.05, 0) is 32.6 Å². The van der Waals surface area contributed by atoms with Crippen LogP contribution < -0.4 is 16.6 Å². The van der Waals surface area contributed by atoms with Gasteiger partial charge in [0.2, 0.25) is 0 Å². The Morgan fingerprint density at radius 2 is 2.12 bits per heavy atom. The predicted molar refractivity (Wildman–Crippen MR) is 98.9 cm³/mol. The number of carbonyl (C=O) groups excluding carboxylic acids is 1. The highest BCUT2D eigenvalue weighted by molar-refractivity contribution is 6.07. The molecule has 1 saturated carbocycles. The monoisotopic (exact) mass is 358 g/mol. The summed E-state index contributed by atoms with van der Waals surface area (Å²) in [5, 5.41) is 8.94. The van der Waals surface area contributed by atoms with Crippen LogP contribution in [0.1, 0.15) is 61.0 Å². The van der Waals surface area contributed by atoms with Gasteiger partial charge in [-0.2, -0.15) is 5.10 Å². The second-order valence-electron chi connectivity index (χ2n) is 7.08. The van der Waals surface area contributed by atoms with Crippen molar-refractivity contribution in [3.05, 3.63) is 17.5 Å². The number of nitrogens with zero attached hydrogens (tertiary/aromatic N) is 3. The fourth-order valence-electron chi connectivity index (χ4n) is 3.81. The van der Waals surface area contributed by atoms with E-state index in [9.17, 15) is 4.79 Å². The second-order valence-corrected chi connectivity index (χ2v) is 7.08. The number of aromatic nitrogens is 3. The molecule has 0 unspecified atom stereocenters. The van der Waals surface area contributed by atoms with Crippen molar-refractivity contribution in [3.63, 3.8) is 0 Å². The third-order valence-electron chi connectivity index (χ3n) is 5.53. The van der Waals surface area contributed by atoms with Crippen molar-refractivity contribution in [2.45, 2.75) is 57.5 Å². The SMILES string of the molecule is CCn1ncc2c(NC3CCOCC3)c(C(=O)NN)c(C3CCC3)nc21. The summed E-state index contributed by atoms with van der Waals surface area (Å²) in [6.45, 7) is 4.24. The first-order chi connectivity index (χ1) is 12.7. The van der Waals surface area contributed by atoms with Crippen molar-refractivity contribution in [2.24, 2.45) is 5.84 Å². The molecule has 2 aliphatic rings. The Kier molecular flexibility index (Phi) is 4.78.